The standard InChI is InChI=1S/C14H16FN3O2/c1-17-6-7-18(11-4-2-9(15)8-12(11)17)14(20)10-3-5-13(19)16-10/h2,4,8,10H,3,5-7H2,1H3,(H,16,19). The Balaban J connectivity index is 1.90. The molecule has 0 saturated carbocycles. The van der Waals surface area contributed by atoms with E-state index in [0.717, 1.165) is 0 Å². The molecule has 0 aliphatic carbocycles. The Bertz CT molecular complexity index is 576. The minimum Gasteiger partial charge on any atom is -0.371 e. The lowest BCUT2D eigenvalue weighted by Gasteiger charge is -2.36. The molecule has 1 aromatic rings. The number of halogens is 1. The third kappa shape index (κ3) is 2.11. The molecule has 1 fully saturated rings. The van der Waals surface area contributed by atoms with Gasteiger partial charge in [-0.2, -0.15) is 0 Å². The van der Waals surface area contributed by atoms with Crippen molar-refractivity contribution in [3.63, 3.8) is 0 Å². The fourth-order valence-corrected chi connectivity index (χ4v) is 2.74. The van der Waals surface area contributed by atoms with Gasteiger partial charge in [0, 0.05) is 26.6 Å². The third-order valence-corrected chi connectivity index (χ3v) is 3.86. The van der Waals surface area contributed by atoms with E-state index in [1.807, 2.05) is 11.9 Å². The highest BCUT2D eigenvalue weighted by Gasteiger charge is 2.34. The molecule has 5 nitrogen and oxygen atoms in total. The summed E-state index contributed by atoms with van der Waals surface area (Å²) in [6, 6.07) is 3.95. The number of carbonyl (C=O) groups is 2. The summed E-state index contributed by atoms with van der Waals surface area (Å²) in [6.45, 7) is 1.18. The van der Waals surface area contributed by atoms with E-state index >= 15 is 0 Å². The molecular formula is C14H16FN3O2. The molecule has 1 saturated heterocycles. The van der Waals surface area contributed by atoms with E-state index in [4.69, 9.17) is 0 Å². The number of nitrogens with one attached hydrogen (secondary N) is 1. The summed E-state index contributed by atoms with van der Waals surface area (Å²) in [5.74, 6) is -0.521. The summed E-state index contributed by atoms with van der Waals surface area (Å²) in [5, 5.41) is 2.69. The van der Waals surface area contributed by atoms with Gasteiger partial charge in [-0.15, -0.1) is 0 Å². The van der Waals surface area contributed by atoms with Crippen molar-refractivity contribution in [2.75, 3.05) is 29.9 Å². The molecule has 3 rings (SSSR count). The van der Waals surface area contributed by atoms with E-state index in [1.54, 1.807) is 11.0 Å². The molecule has 1 unspecified atom stereocenters. The van der Waals surface area contributed by atoms with Crippen molar-refractivity contribution in [2.45, 2.75) is 18.9 Å². The molecule has 2 aliphatic rings. The van der Waals surface area contributed by atoms with Crippen LogP contribution in [0.3, 0.4) is 0 Å². The molecule has 6 heteroatoms. The molecule has 1 aromatic carbocycles. The minimum absolute atomic E-state index is 0.0863. The smallest absolute Gasteiger partial charge is 0.249 e. The van der Waals surface area contributed by atoms with Gasteiger partial charge >= 0.3 is 0 Å². The fraction of sp³-hybridized carbons (Fsp3) is 0.429. The Morgan fingerprint density at radius 3 is 2.85 bits per heavy atom. The summed E-state index contributed by atoms with van der Waals surface area (Å²) >= 11 is 0. The number of carbonyl (C=O) groups excluding carboxylic acids is 2. The fourth-order valence-electron chi connectivity index (χ4n) is 2.74. The minimum atomic E-state index is -0.455. The van der Waals surface area contributed by atoms with Crippen LogP contribution in [-0.4, -0.2) is 38.0 Å². The van der Waals surface area contributed by atoms with Crippen LogP contribution in [0.5, 0.6) is 0 Å². The Morgan fingerprint density at radius 2 is 2.15 bits per heavy atom. The first-order valence-corrected chi connectivity index (χ1v) is 6.67. The maximum Gasteiger partial charge on any atom is 0.249 e. The molecule has 1 N–H and O–H groups in total. The van der Waals surface area contributed by atoms with Crippen LogP contribution < -0.4 is 15.1 Å². The number of anilines is 2. The largest absolute Gasteiger partial charge is 0.371 e. The molecule has 0 bridgehead atoms. The van der Waals surface area contributed by atoms with Gasteiger partial charge in [0.05, 0.1) is 11.4 Å². The highest BCUT2D eigenvalue weighted by Crippen LogP contribution is 2.33. The number of hydrogen-bond donors (Lipinski definition) is 1. The second-order valence-corrected chi connectivity index (χ2v) is 5.20. The van der Waals surface area contributed by atoms with Crippen LogP contribution in [-0.2, 0) is 9.59 Å². The van der Waals surface area contributed by atoms with Gasteiger partial charge in [-0.3, -0.25) is 9.59 Å². The van der Waals surface area contributed by atoms with Crippen molar-refractivity contribution < 1.29 is 14.0 Å². The molecule has 106 valence electrons. The van der Waals surface area contributed by atoms with Crippen LogP contribution >= 0.6 is 0 Å². The molecule has 1 atom stereocenters. The van der Waals surface area contributed by atoms with Crippen LogP contribution in [0.2, 0.25) is 0 Å². The zero-order valence-corrected chi connectivity index (χ0v) is 11.2. The first-order valence-electron chi connectivity index (χ1n) is 6.67. The molecule has 20 heavy (non-hydrogen) atoms. The van der Waals surface area contributed by atoms with Crippen molar-refractivity contribution in [2.24, 2.45) is 0 Å². The predicted octanol–water partition coefficient (Wildman–Crippen LogP) is 0.887. The second-order valence-electron chi connectivity index (χ2n) is 5.20. The Hall–Kier alpha value is -2.11. The molecule has 2 aliphatic heterocycles. The Morgan fingerprint density at radius 1 is 1.35 bits per heavy atom. The highest BCUT2D eigenvalue weighted by atomic mass is 19.1. The summed E-state index contributed by atoms with van der Waals surface area (Å²) in [5.41, 5.74) is 1.40. The molecule has 2 amide bonds. The van der Waals surface area contributed by atoms with Gasteiger partial charge in [-0.25, -0.2) is 4.39 Å². The summed E-state index contributed by atoms with van der Waals surface area (Å²) in [7, 11) is 1.87. The number of benzene rings is 1. The summed E-state index contributed by atoms with van der Waals surface area (Å²) in [4.78, 5) is 27.3. The molecule has 2 heterocycles. The number of nitrogens with zero attached hydrogens (tertiary/aromatic N) is 2. The zero-order valence-electron chi connectivity index (χ0n) is 11.2. The van der Waals surface area contributed by atoms with Crippen LogP contribution in [0, 0.1) is 5.82 Å². The first-order chi connectivity index (χ1) is 9.56. The van der Waals surface area contributed by atoms with E-state index < -0.39 is 6.04 Å². The lowest BCUT2D eigenvalue weighted by molar-refractivity contribution is -0.124. The van der Waals surface area contributed by atoms with Crippen LogP contribution in [0.1, 0.15) is 12.8 Å². The molecule has 0 radical (unpaired) electrons. The molecular weight excluding hydrogens is 261 g/mol. The topological polar surface area (TPSA) is 52.7 Å². The van der Waals surface area contributed by atoms with Gasteiger partial charge in [0.1, 0.15) is 11.9 Å². The summed E-state index contributed by atoms with van der Waals surface area (Å²) in [6.07, 6.45) is 0.918. The van der Waals surface area contributed by atoms with Crippen molar-refractivity contribution in [3.8, 4) is 0 Å². The Labute approximate surface area is 116 Å². The predicted molar refractivity (Wildman–Crippen MR) is 73.2 cm³/mol. The number of likely N-dealkylation sites (N-methyl/N-ethyl adjacent to an activating group) is 1. The van der Waals surface area contributed by atoms with Crippen molar-refractivity contribution in [1.29, 1.82) is 0 Å². The van der Waals surface area contributed by atoms with Crippen molar-refractivity contribution in [3.05, 3.63) is 24.0 Å². The van der Waals surface area contributed by atoms with E-state index in [0.29, 0.717) is 37.3 Å². The number of rotatable bonds is 1. The van der Waals surface area contributed by atoms with Gasteiger partial charge in [0.15, 0.2) is 0 Å². The molecule has 0 aromatic heterocycles. The second kappa shape index (κ2) is 4.77. The van der Waals surface area contributed by atoms with E-state index in [-0.39, 0.29) is 17.6 Å². The van der Waals surface area contributed by atoms with Crippen molar-refractivity contribution in [1.82, 2.24) is 5.32 Å². The Kier molecular flexibility index (Phi) is 3.08. The quantitative estimate of drug-likeness (QED) is 0.829. The average molecular weight is 277 g/mol. The lowest BCUT2D eigenvalue weighted by Crippen LogP contribution is -2.49. The van der Waals surface area contributed by atoms with Gasteiger partial charge in [0.25, 0.3) is 0 Å². The maximum absolute atomic E-state index is 13.4. The van der Waals surface area contributed by atoms with Gasteiger partial charge in [-0.1, -0.05) is 0 Å². The monoisotopic (exact) mass is 277 g/mol. The molecule has 0 spiro atoms. The van der Waals surface area contributed by atoms with Crippen LogP contribution in [0.4, 0.5) is 15.8 Å². The third-order valence-electron chi connectivity index (χ3n) is 3.86. The van der Waals surface area contributed by atoms with Gasteiger partial charge in [-0.05, 0) is 24.6 Å². The maximum atomic E-state index is 13.4. The normalized spacial score (nSPS) is 21.7. The first kappa shape index (κ1) is 12.9. The number of amides is 2. The zero-order chi connectivity index (χ0) is 14.3. The van der Waals surface area contributed by atoms with E-state index in [1.165, 1.54) is 12.1 Å². The highest BCUT2D eigenvalue weighted by molar-refractivity contribution is 6.03. The SMILES string of the molecule is CN1CCN(C(=O)C2CCC(=O)N2)c2ccc(F)cc21. The van der Waals surface area contributed by atoms with E-state index in [9.17, 15) is 14.0 Å². The number of hydrogen-bond acceptors (Lipinski definition) is 3. The number of fused-ring (bicyclic) bond motifs is 1. The van der Waals surface area contributed by atoms with Gasteiger partial charge < -0.3 is 15.1 Å². The lowest BCUT2D eigenvalue weighted by atomic mass is 10.1. The van der Waals surface area contributed by atoms with Crippen molar-refractivity contribution >= 4 is 23.2 Å². The van der Waals surface area contributed by atoms with Crippen LogP contribution in [0.25, 0.3) is 0 Å². The van der Waals surface area contributed by atoms with Crippen LogP contribution in [0.15, 0.2) is 18.2 Å². The van der Waals surface area contributed by atoms with Gasteiger partial charge in [0.2, 0.25) is 11.8 Å². The summed E-state index contributed by atoms with van der Waals surface area (Å²) < 4.78 is 13.4. The average Bonchev–Trinajstić information content (AvgIpc) is 2.86. The van der Waals surface area contributed by atoms with E-state index in [2.05, 4.69) is 5.32 Å².